The average molecular weight is 292 g/mol. The Bertz CT molecular complexity index is 607. The third-order valence-electron chi connectivity index (χ3n) is 3.37. The highest BCUT2D eigenvalue weighted by molar-refractivity contribution is 7.99. The van der Waals surface area contributed by atoms with E-state index in [1.165, 1.54) is 17.3 Å². The van der Waals surface area contributed by atoms with Gasteiger partial charge >= 0.3 is 0 Å². The van der Waals surface area contributed by atoms with Crippen molar-refractivity contribution >= 4 is 11.8 Å². The van der Waals surface area contributed by atoms with Crippen molar-refractivity contribution in [3.8, 4) is 0 Å². The Hall–Kier alpha value is -1.47. The van der Waals surface area contributed by atoms with Crippen LogP contribution in [0.1, 0.15) is 36.5 Å². The van der Waals surface area contributed by atoms with Gasteiger partial charge in [-0.1, -0.05) is 13.8 Å². The summed E-state index contributed by atoms with van der Waals surface area (Å²) in [5.74, 6) is 0.871. The number of rotatable bonds is 5. The van der Waals surface area contributed by atoms with E-state index in [9.17, 15) is 0 Å². The van der Waals surface area contributed by atoms with Crippen LogP contribution >= 0.6 is 11.8 Å². The molecule has 0 atom stereocenters. The van der Waals surface area contributed by atoms with Gasteiger partial charge in [0.05, 0.1) is 5.69 Å². The summed E-state index contributed by atoms with van der Waals surface area (Å²) in [4.78, 5) is 0. The van der Waals surface area contributed by atoms with E-state index in [4.69, 9.17) is 5.73 Å². The lowest BCUT2D eigenvalue weighted by Gasteiger charge is -2.13. The van der Waals surface area contributed by atoms with Gasteiger partial charge in [-0.3, -0.25) is 0 Å². The lowest BCUT2D eigenvalue weighted by atomic mass is 10.0. The van der Waals surface area contributed by atoms with Gasteiger partial charge in [0.2, 0.25) is 0 Å². The van der Waals surface area contributed by atoms with E-state index >= 15 is 0 Å². The van der Waals surface area contributed by atoms with Crippen LogP contribution in [0.15, 0.2) is 10.2 Å². The third-order valence-corrected chi connectivity index (χ3v) is 4.42. The molecule has 2 aromatic heterocycles. The Morgan fingerprint density at radius 1 is 1.05 bits per heavy atom. The van der Waals surface area contributed by atoms with E-state index in [2.05, 4.69) is 34.2 Å². The second-order valence-corrected chi connectivity index (χ2v) is 5.47. The highest BCUT2D eigenvalue weighted by atomic mass is 32.2. The molecule has 2 heterocycles. The molecular formula is C13H20N6S. The van der Waals surface area contributed by atoms with E-state index in [1.54, 1.807) is 0 Å². The first-order valence-corrected chi connectivity index (χ1v) is 7.55. The van der Waals surface area contributed by atoms with Crippen molar-refractivity contribution in [1.82, 2.24) is 25.0 Å². The van der Waals surface area contributed by atoms with Gasteiger partial charge in [0.15, 0.2) is 5.16 Å². The molecule has 0 spiro atoms. The van der Waals surface area contributed by atoms with Crippen molar-refractivity contribution in [2.24, 2.45) is 12.8 Å². The van der Waals surface area contributed by atoms with Crippen LogP contribution in [0.4, 0.5) is 0 Å². The lowest BCUT2D eigenvalue weighted by Crippen LogP contribution is -2.10. The molecule has 2 rings (SSSR count). The van der Waals surface area contributed by atoms with Gasteiger partial charge in [-0.2, -0.15) is 5.10 Å². The van der Waals surface area contributed by atoms with Crippen LogP contribution in [0.5, 0.6) is 0 Å². The van der Waals surface area contributed by atoms with E-state index in [1.807, 2.05) is 18.5 Å². The average Bonchev–Trinajstić information content (AvgIpc) is 2.78. The fourth-order valence-corrected chi connectivity index (χ4v) is 3.02. The molecule has 0 radical (unpaired) electrons. The van der Waals surface area contributed by atoms with Gasteiger partial charge in [0.1, 0.15) is 10.9 Å². The van der Waals surface area contributed by atoms with Crippen LogP contribution in [0, 0.1) is 6.92 Å². The van der Waals surface area contributed by atoms with Crippen molar-refractivity contribution in [2.75, 3.05) is 0 Å². The summed E-state index contributed by atoms with van der Waals surface area (Å²) >= 11 is 1.47. The zero-order valence-electron chi connectivity index (χ0n) is 12.3. The molecule has 0 amide bonds. The molecule has 0 aromatic carbocycles. The van der Waals surface area contributed by atoms with E-state index in [-0.39, 0.29) is 0 Å². The Kier molecular flexibility index (Phi) is 4.72. The fourth-order valence-electron chi connectivity index (χ4n) is 2.09. The van der Waals surface area contributed by atoms with Crippen molar-refractivity contribution in [1.29, 1.82) is 0 Å². The Balaban J connectivity index is 2.44. The topological polar surface area (TPSA) is 82.5 Å². The smallest absolute Gasteiger partial charge is 0.197 e. The second kappa shape index (κ2) is 6.32. The van der Waals surface area contributed by atoms with Crippen molar-refractivity contribution in [2.45, 2.75) is 50.3 Å². The molecule has 2 aromatic rings. The first kappa shape index (κ1) is 14.9. The number of hydrogen-bond acceptors (Lipinski definition) is 6. The van der Waals surface area contributed by atoms with Gasteiger partial charge < -0.3 is 10.3 Å². The third kappa shape index (κ3) is 2.69. The summed E-state index contributed by atoms with van der Waals surface area (Å²) in [7, 11) is 1.94. The molecule has 0 aliphatic heterocycles. The van der Waals surface area contributed by atoms with Crippen LogP contribution in [0.2, 0.25) is 0 Å². The normalized spacial score (nSPS) is 11.1. The monoisotopic (exact) mass is 292 g/mol. The summed E-state index contributed by atoms with van der Waals surface area (Å²) in [5, 5.41) is 18.5. The van der Waals surface area contributed by atoms with Crippen LogP contribution in [-0.4, -0.2) is 25.0 Å². The Morgan fingerprint density at radius 2 is 1.80 bits per heavy atom. The van der Waals surface area contributed by atoms with Gasteiger partial charge in [-0.25, -0.2) is 0 Å². The summed E-state index contributed by atoms with van der Waals surface area (Å²) in [6.45, 7) is 6.59. The standard InChI is InChI=1S/C13H20N6S/c1-5-9-10(7-14)12(17-16-11(9)6-2)20-13-18-15-8(3)19(13)4/h5-7,14H2,1-4H3. The maximum absolute atomic E-state index is 5.92. The molecule has 20 heavy (non-hydrogen) atoms. The minimum atomic E-state index is 0.463. The SMILES string of the molecule is CCc1nnc(Sc2nnc(C)n2C)c(CN)c1CC. The van der Waals surface area contributed by atoms with Crippen molar-refractivity contribution in [3.05, 3.63) is 22.6 Å². The lowest BCUT2D eigenvalue weighted by molar-refractivity contribution is 0.752. The molecule has 0 bridgehead atoms. The second-order valence-electron chi connectivity index (χ2n) is 4.51. The zero-order valence-corrected chi connectivity index (χ0v) is 13.2. The molecule has 0 saturated heterocycles. The van der Waals surface area contributed by atoms with Gasteiger partial charge in [-0.05, 0) is 37.1 Å². The molecule has 0 aliphatic rings. The first-order chi connectivity index (χ1) is 9.62. The predicted molar refractivity (Wildman–Crippen MR) is 78.5 cm³/mol. The van der Waals surface area contributed by atoms with Gasteiger partial charge in [0, 0.05) is 19.2 Å². The molecular weight excluding hydrogens is 272 g/mol. The predicted octanol–water partition coefficient (Wildman–Crippen LogP) is 1.65. The minimum Gasteiger partial charge on any atom is -0.326 e. The van der Waals surface area contributed by atoms with Crippen LogP contribution in [0.25, 0.3) is 0 Å². The van der Waals surface area contributed by atoms with E-state index in [0.29, 0.717) is 6.54 Å². The van der Waals surface area contributed by atoms with Gasteiger partial charge in [-0.15, -0.1) is 15.3 Å². The summed E-state index contributed by atoms with van der Waals surface area (Å²) in [5.41, 5.74) is 9.25. The molecule has 0 aliphatic carbocycles. The molecule has 7 heteroatoms. The number of aromatic nitrogens is 5. The highest BCUT2D eigenvalue weighted by Gasteiger charge is 2.16. The van der Waals surface area contributed by atoms with Crippen molar-refractivity contribution < 1.29 is 0 Å². The van der Waals surface area contributed by atoms with Crippen molar-refractivity contribution in [3.63, 3.8) is 0 Å². The first-order valence-electron chi connectivity index (χ1n) is 6.73. The molecule has 6 nitrogen and oxygen atoms in total. The molecule has 2 N–H and O–H groups in total. The molecule has 0 fully saturated rings. The highest BCUT2D eigenvalue weighted by Crippen LogP contribution is 2.29. The largest absolute Gasteiger partial charge is 0.326 e. The zero-order chi connectivity index (χ0) is 14.7. The van der Waals surface area contributed by atoms with Crippen LogP contribution in [0.3, 0.4) is 0 Å². The minimum absolute atomic E-state index is 0.463. The molecule has 0 saturated carbocycles. The number of aryl methyl sites for hydroxylation is 2. The fraction of sp³-hybridized carbons (Fsp3) is 0.538. The quantitative estimate of drug-likeness (QED) is 0.902. The van der Waals surface area contributed by atoms with Crippen LogP contribution in [-0.2, 0) is 26.4 Å². The maximum atomic E-state index is 5.92. The summed E-state index contributed by atoms with van der Waals surface area (Å²) in [6, 6.07) is 0. The number of nitrogens with two attached hydrogens (primary N) is 1. The van der Waals surface area contributed by atoms with Gasteiger partial charge in [0.25, 0.3) is 0 Å². The van der Waals surface area contributed by atoms with Crippen LogP contribution < -0.4 is 5.73 Å². The maximum Gasteiger partial charge on any atom is 0.197 e. The Labute approximate surface area is 123 Å². The number of nitrogens with zero attached hydrogens (tertiary/aromatic N) is 5. The summed E-state index contributed by atoms with van der Waals surface area (Å²) in [6.07, 6.45) is 1.79. The van der Waals surface area contributed by atoms with E-state index < -0.39 is 0 Å². The van der Waals surface area contributed by atoms with E-state index in [0.717, 1.165) is 40.1 Å². The Morgan fingerprint density at radius 3 is 2.30 bits per heavy atom. The summed E-state index contributed by atoms with van der Waals surface area (Å²) < 4.78 is 1.94. The number of hydrogen-bond donors (Lipinski definition) is 1. The molecule has 0 unspecified atom stereocenters. The molecule has 108 valence electrons.